The Labute approximate surface area is 213 Å². The Balaban J connectivity index is 1.62. The van der Waals surface area contributed by atoms with Crippen LogP contribution in [0, 0.1) is 11.6 Å². The van der Waals surface area contributed by atoms with Gasteiger partial charge in [0, 0.05) is 26.1 Å². The normalized spacial score (nSPS) is 18.9. The molecule has 3 aromatic rings. The smallest absolute Gasteiger partial charge is 0.416 e. The van der Waals surface area contributed by atoms with Gasteiger partial charge in [-0.05, 0) is 53.6 Å². The maximum Gasteiger partial charge on any atom is 0.416 e. The maximum atomic E-state index is 14.2. The van der Waals surface area contributed by atoms with Crippen LogP contribution >= 0.6 is 0 Å². The number of benzene rings is 3. The molecule has 1 heterocycles. The lowest BCUT2D eigenvalue weighted by atomic mass is 9.88. The molecule has 1 saturated heterocycles. The molecule has 0 aromatic heterocycles. The molecule has 0 aliphatic carbocycles. The number of alkyl halides is 6. The van der Waals surface area contributed by atoms with Crippen LogP contribution in [-0.4, -0.2) is 31.2 Å². The molecule has 0 amide bonds. The molecule has 0 saturated carbocycles. The highest BCUT2D eigenvalue weighted by Gasteiger charge is 2.40. The molecule has 1 aliphatic heterocycles. The van der Waals surface area contributed by atoms with Crippen LogP contribution in [0.1, 0.15) is 28.7 Å². The second-order valence-corrected chi connectivity index (χ2v) is 9.01. The topological polar surface area (TPSA) is 21.7 Å². The van der Waals surface area contributed by atoms with Gasteiger partial charge in [-0.15, -0.1) is 0 Å². The van der Waals surface area contributed by atoms with E-state index in [1.807, 2.05) is 0 Å². The first-order valence-electron chi connectivity index (χ1n) is 11.6. The zero-order valence-electron chi connectivity index (χ0n) is 19.9. The van der Waals surface area contributed by atoms with Crippen LogP contribution in [0.4, 0.5) is 35.1 Å². The zero-order chi connectivity index (χ0) is 27.6. The summed E-state index contributed by atoms with van der Waals surface area (Å²) in [5.41, 5.74) is -3.97. The summed E-state index contributed by atoms with van der Waals surface area (Å²) >= 11 is 0. The number of para-hydroxylation sites is 1. The number of halogens is 8. The highest BCUT2D eigenvalue weighted by atomic mass is 19.4. The van der Waals surface area contributed by atoms with Crippen LogP contribution in [0.2, 0.25) is 0 Å². The zero-order valence-corrected chi connectivity index (χ0v) is 19.9. The summed E-state index contributed by atoms with van der Waals surface area (Å²) in [4.78, 5) is 1.63. The van der Waals surface area contributed by atoms with Crippen molar-refractivity contribution in [2.75, 3.05) is 26.3 Å². The first-order valence-corrected chi connectivity index (χ1v) is 11.6. The largest absolute Gasteiger partial charge is 0.493 e. The molecule has 1 unspecified atom stereocenters. The average molecular weight is 545 g/mol. The summed E-state index contributed by atoms with van der Waals surface area (Å²) in [6, 6.07) is 13.5. The number of hydrogen-bond acceptors (Lipinski definition) is 3. The van der Waals surface area contributed by atoms with Crippen molar-refractivity contribution in [2.45, 2.75) is 30.9 Å². The third-order valence-corrected chi connectivity index (χ3v) is 6.28. The predicted molar refractivity (Wildman–Crippen MR) is 122 cm³/mol. The molecule has 204 valence electrons. The Bertz CT molecular complexity index is 1210. The summed E-state index contributed by atoms with van der Waals surface area (Å²) in [6.45, 7) is 0.0891. The molecule has 0 spiro atoms. The van der Waals surface area contributed by atoms with Gasteiger partial charge in [-0.2, -0.15) is 26.3 Å². The van der Waals surface area contributed by atoms with Gasteiger partial charge in [-0.25, -0.2) is 8.78 Å². The van der Waals surface area contributed by atoms with Gasteiger partial charge >= 0.3 is 12.4 Å². The molecule has 0 radical (unpaired) electrons. The summed E-state index contributed by atoms with van der Waals surface area (Å²) in [5, 5.41) is 0. The number of hydrogen-bond donors (Lipinski definition) is 0. The Hall–Kier alpha value is -3.18. The number of rotatable bonds is 7. The van der Waals surface area contributed by atoms with E-state index in [0.717, 1.165) is 12.1 Å². The van der Waals surface area contributed by atoms with Crippen molar-refractivity contribution in [3.63, 3.8) is 0 Å². The van der Waals surface area contributed by atoms with E-state index in [4.69, 9.17) is 9.47 Å². The molecule has 4 rings (SSSR count). The molecule has 0 bridgehead atoms. The minimum Gasteiger partial charge on any atom is -0.493 e. The Morgan fingerprint density at radius 2 is 1.47 bits per heavy atom. The van der Waals surface area contributed by atoms with E-state index in [2.05, 4.69) is 0 Å². The lowest BCUT2D eigenvalue weighted by Crippen LogP contribution is -2.50. The average Bonchev–Trinajstić information content (AvgIpc) is 2.85. The van der Waals surface area contributed by atoms with E-state index in [1.165, 1.54) is 6.07 Å². The number of nitrogens with zero attached hydrogens (tertiary/aromatic N) is 1. The molecule has 1 atom stereocenters. The van der Waals surface area contributed by atoms with Gasteiger partial charge in [-0.1, -0.05) is 24.3 Å². The Morgan fingerprint density at radius 1 is 0.816 bits per heavy atom. The predicted octanol–water partition coefficient (Wildman–Crippen LogP) is 7.20. The first-order chi connectivity index (χ1) is 17.9. The van der Waals surface area contributed by atoms with Gasteiger partial charge in [-0.3, -0.25) is 4.90 Å². The van der Waals surface area contributed by atoms with Gasteiger partial charge in [0.2, 0.25) is 0 Å². The van der Waals surface area contributed by atoms with Gasteiger partial charge in [0.15, 0.2) is 11.6 Å². The summed E-state index contributed by atoms with van der Waals surface area (Å²) in [6.07, 6.45) is -9.78. The summed E-state index contributed by atoms with van der Waals surface area (Å²) < 4.78 is 120. The van der Waals surface area contributed by atoms with Crippen LogP contribution in [0.5, 0.6) is 5.75 Å². The molecule has 38 heavy (non-hydrogen) atoms. The van der Waals surface area contributed by atoms with Gasteiger partial charge < -0.3 is 9.47 Å². The van der Waals surface area contributed by atoms with Crippen molar-refractivity contribution >= 4 is 0 Å². The highest BCUT2D eigenvalue weighted by Crippen LogP contribution is 2.38. The third kappa shape index (κ3) is 6.63. The van der Waals surface area contributed by atoms with Crippen LogP contribution in [0.15, 0.2) is 66.7 Å². The molecule has 3 aromatic carbocycles. The van der Waals surface area contributed by atoms with E-state index in [-0.39, 0.29) is 56.5 Å². The second-order valence-electron chi connectivity index (χ2n) is 9.01. The molecular formula is C27H23F8NO2. The monoisotopic (exact) mass is 545 g/mol. The summed E-state index contributed by atoms with van der Waals surface area (Å²) in [5.74, 6) is -1.62. The third-order valence-electron chi connectivity index (χ3n) is 6.28. The fourth-order valence-electron chi connectivity index (χ4n) is 4.46. The van der Waals surface area contributed by atoms with Crippen molar-refractivity contribution in [3.05, 3.63) is 101 Å². The number of morpholine rings is 1. The van der Waals surface area contributed by atoms with E-state index >= 15 is 0 Å². The minimum absolute atomic E-state index is 0.00613. The fourth-order valence-corrected chi connectivity index (χ4v) is 4.46. The van der Waals surface area contributed by atoms with E-state index < -0.39 is 40.7 Å². The van der Waals surface area contributed by atoms with Crippen LogP contribution in [-0.2, 0) is 29.2 Å². The Morgan fingerprint density at radius 3 is 2.08 bits per heavy atom. The molecule has 1 fully saturated rings. The van der Waals surface area contributed by atoms with Gasteiger partial charge in [0.05, 0.1) is 24.3 Å². The van der Waals surface area contributed by atoms with Crippen molar-refractivity contribution in [1.29, 1.82) is 0 Å². The van der Waals surface area contributed by atoms with Crippen molar-refractivity contribution in [2.24, 2.45) is 0 Å². The second kappa shape index (κ2) is 10.9. The quantitative estimate of drug-likeness (QED) is 0.293. The molecule has 3 nitrogen and oxygen atoms in total. The minimum atomic E-state index is -4.97. The van der Waals surface area contributed by atoms with Crippen LogP contribution in [0.25, 0.3) is 0 Å². The molecular weight excluding hydrogens is 522 g/mol. The molecule has 0 N–H and O–H groups in total. The highest BCUT2D eigenvalue weighted by molar-refractivity contribution is 5.34. The van der Waals surface area contributed by atoms with Crippen molar-refractivity contribution in [3.8, 4) is 5.75 Å². The first kappa shape index (κ1) is 27.8. The van der Waals surface area contributed by atoms with E-state index in [0.29, 0.717) is 17.9 Å². The van der Waals surface area contributed by atoms with Crippen LogP contribution in [0.3, 0.4) is 0 Å². The van der Waals surface area contributed by atoms with E-state index in [1.54, 1.807) is 35.2 Å². The van der Waals surface area contributed by atoms with Crippen LogP contribution < -0.4 is 4.74 Å². The Kier molecular flexibility index (Phi) is 7.98. The van der Waals surface area contributed by atoms with E-state index in [9.17, 15) is 35.1 Å². The lowest BCUT2D eigenvalue weighted by molar-refractivity contribution is -0.143. The summed E-state index contributed by atoms with van der Waals surface area (Å²) in [7, 11) is 0. The maximum absolute atomic E-state index is 14.2. The molecule has 11 heteroatoms. The fraction of sp³-hybridized carbons (Fsp3) is 0.333. The van der Waals surface area contributed by atoms with Gasteiger partial charge in [0.1, 0.15) is 11.4 Å². The molecule has 1 aliphatic rings. The number of ether oxygens (including phenoxy) is 2. The van der Waals surface area contributed by atoms with Crippen molar-refractivity contribution in [1.82, 2.24) is 4.90 Å². The van der Waals surface area contributed by atoms with Crippen molar-refractivity contribution < 1.29 is 44.6 Å². The lowest BCUT2D eigenvalue weighted by Gasteiger charge is -2.43. The van der Waals surface area contributed by atoms with Gasteiger partial charge in [0.25, 0.3) is 0 Å². The standard InChI is InChI=1S/C27H23F8NO2/c28-23-7-6-19(15-24(23)29)25(8-10-37-22-4-2-1-3-5-22)17-36(9-11-38-25)16-18-12-20(26(30,31)32)14-21(13-18)27(33,34)35/h1-7,12-15H,8-11,16-17H2. The SMILES string of the molecule is Fc1ccc(C2(CCOc3ccccc3)CN(Cc3cc(C(F)(F)F)cc(C(F)(F)F)c3)CCO2)cc1F.